The standard InChI is InChI=1S/C24H28FN7O/c1-24(5-6-24)30-23-22-16(9-26)2-3-19(22)28-21(29-23)8-15-10-27-32(11-15)20-4-7-31(12-18(20)25)17-13-33-14-17/h2,10-11,17-18,20H,3-8,12-14H2,1H3,(H,28,29,30)/t18-,20-/m0/s1. The maximum atomic E-state index is 15.0. The van der Waals surface area contributed by atoms with Crippen molar-refractivity contribution in [2.75, 3.05) is 31.6 Å². The van der Waals surface area contributed by atoms with Gasteiger partial charge in [-0.15, -0.1) is 0 Å². The third kappa shape index (κ3) is 3.91. The monoisotopic (exact) mass is 449 g/mol. The number of halogens is 1. The van der Waals surface area contributed by atoms with E-state index in [0.717, 1.165) is 48.4 Å². The van der Waals surface area contributed by atoms with Gasteiger partial charge in [-0.3, -0.25) is 9.58 Å². The molecule has 1 saturated carbocycles. The fraction of sp³-hybridized carbons (Fsp3) is 0.583. The Morgan fingerprint density at radius 2 is 2.18 bits per heavy atom. The zero-order valence-corrected chi connectivity index (χ0v) is 18.8. The lowest BCUT2D eigenvalue weighted by Gasteiger charge is -2.42. The number of rotatable bonds is 6. The lowest BCUT2D eigenvalue weighted by Crippen LogP contribution is -2.55. The summed E-state index contributed by atoms with van der Waals surface area (Å²) < 4.78 is 22.0. The van der Waals surface area contributed by atoms with Crippen LogP contribution in [0, 0.1) is 11.3 Å². The fourth-order valence-corrected chi connectivity index (χ4v) is 4.97. The molecule has 6 rings (SSSR count). The van der Waals surface area contributed by atoms with Crippen LogP contribution in [0.15, 0.2) is 18.5 Å². The molecular weight excluding hydrogens is 421 g/mol. The van der Waals surface area contributed by atoms with Gasteiger partial charge in [0.1, 0.15) is 17.8 Å². The van der Waals surface area contributed by atoms with Crippen LogP contribution in [0.2, 0.25) is 0 Å². The number of nitrogens with one attached hydrogen (secondary N) is 1. The van der Waals surface area contributed by atoms with Crippen molar-refractivity contribution in [1.29, 1.82) is 5.26 Å². The summed E-state index contributed by atoms with van der Waals surface area (Å²) in [6.45, 7) is 4.90. The first-order valence-electron chi connectivity index (χ1n) is 11.8. The maximum Gasteiger partial charge on any atom is 0.139 e. The third-order valence-corrected chi connectivity index (χ3v) is 7.37. The van der Waals surface area contributed by atoms with Gasteiger partial charge in [-0.25, -0.2) is 14.4 Å². The van der Waals surface area contributed by atoms with E-state index in [1.54, 1.807) is 10.9 Å². The molecule has 0 aromatic carbocycles. The smallest absolute Gasteiger partial charge is 0.139 e. The van der Waals surface area contributed by atoms with Gasteiger partial charge in [0.05, 0.1) is 54.4 Å². The first-order valence-corrected chi connectivity index (χ1v) is 11.8. The van der Waals surface area contributed by atoms with E-state index in [-0.39, 0.29) is 11.6 Å². The van der Waals surface area contributed by atoms with Crippen molar-refractivity contribution in [3.8, 4) is 6.07 Å². The number of aromatic nitrogens is 4. The van der Waals surface area contributed by atoms with E-state index in [1.807, 2.05) is 12.3 Å². The molecule has 2 aliphatic heterocycles. The molecule has 8 nitrogen and oxygen atoms in total. The second kappa shape index (κ2) is 7.89. The molecule has 3 fully saturated rings. The summed E-state index contributed by atoms with van der Waals surface area (Å²) in [5.41, 5.74) is 3.39. The normalized spacial score (nSPS) is 26.3. The van der Waals surface area contributed by atoms with Crippen LogP contribution >= 0.6 is 0 Å². The van der Waals surface area contributed by atoms with E-state index in [9.17, 15) is 9.65 Å². The van der Waals surface area contributed by atoms with Crippen LogP contribution in [0.4, 0.5) is 10.2 Å². The van der Waals surface area contributed by atoms with Gasteiger partial charge in [-0.05, 0) is 31.7 Å². The number of alkyl halides is 1. The van der Waals surface area contributed by atoms with Crippen molar-refractivity contribution in [2.24, 2.45) is 0 Å². The summed E-state index contributed by atoms with van der Waals surface area (Å²) in [4.78, 5) is 11.8. The highest BCUT2D eigenvalue weighted by molar-refractivity contribution is 5.87. The van der Waals surface area contributed by atoms with E-state index >= 15 is 0 Å². The summed E-state index contributed by atoms with van der Waals surface area (Å²) in [6.07, 6.45) is 8.80. The van der Waals surface area contributed by atoms with Gasteiger partial charge in [-0.1, -0.05) is 6.08 Å². The lowest BCUT2D eigenvalue weighted by atomic mass is 10.0. The number of fused-ring (bicyclic) bond motifs is 1. The zero-order valence-electron chi connectivity index (χ0n) is 18.8. The molecule has 0 radical (unpaired) electrons. The van der Waals surface area contributed by atoms with Crippen molar-refractivity contribution >= 4 is 11.4 Å². The Hall–Kier alpha value is -2.83. The average Bonchev–Trinajstić information content (AvgIpc) is 3.12. The minimum Gasteiger partial charge on any atom is -0.378 e. The van der Waals surface area contributed by atoms with Crippen LogP contribution in [0.5, 0.6) is 0 Å². The number of ether oxygens (including phenoxy) is 1. The van der Waals surface area contributed by atoms with E-state index < -0.39 is 6.17 Å². The number of likely N-dealkylation sites (tertiary alicyclic amines) is 1. The second-order valence-electron chi connectivity index (χ2n) is 9.99. The zero-order chi connectivity index (χ0) is 22.6. The Bertz CT molecular complexity index is 1140. The maximum absolute atomic E-state index is 15.0. The predicted octanol–water partition coefficient (Wildman–Crippen LogP) is 2.68. The lowest BCUT2D eigenvalue weighted by molar-refractivity contribution is -0.0847. The van der Waals surface area contributed by atoms with Crippen LogP contribution in [0.1, 0.15) is 54.9 Å². The van der Waals surface area contributed by atoms with Crippen LogP contribution in [-0.2, 0) is 17.6 Å². The molecule has 2 aliphatic carbocycles. The number of piperidine rings is 1. The first-order chi connectivity index (χ1) is 16.0. The van der Waals surface area contributed by atoms with Gasteiger partial charge < -0.3 is 10.1 Å². The minimum atomic E-state index is -0.950. The number of anilines is 1. The van der Waals surface area contributed by atoms with Crippen LogP contribution in [0.3, 0.4) is 0 Å². The molecule has 33 heavy (non-hydrogen) atoms. The third-order valence-electron chi connectivity index (χ3n) is 7.37. The SMILES string of the molecule is CC1(Nc2nc(Cc3cnn([C@H]4CCN(C5COC5)C[C@@H]4F)c3)nc3c2C(C#N)=CC3)CC1. The van der Waals surface area contributed by atoms with E-state index in [2.05, 4.69) is 28.3 Å². The molecule has 172 valence electrons. The second-order valence-corrected chi connectivity index (χ2v) is 9.99. The van der Waals surface area contributed by atoms with E-state index in [0.29, 0.717) is 50.0 Å². The number of hydrogen-bond acceptors (Lipinski definition) is 7. The van der Waals surface area contributed by atoms with Gasteiger partial charge in [0.2, 0.25) is 0 Å². The quantitative estimate of drug-likeness (QED) is 0.725. The molecule has 9 heteroatoms. The van der Waals surface area contributed by atoms with Gasteiger partial charge in [0.25, 0.3) is 0 Å². The summed E-state index contributed by atoms with van der Waals surface area (Å²) in [6, 6.07) is 2.40. The van der Waals surface area contributed by atoms with E-state index in [1.165, 1.54) is 0 Å². The van der Waals surface area contributed by atoms with Crippen molar-refractivity contribution < 1.29 is 9.13 Å². The molecular formula is C24H28FN7O. The molecule has 4 aliphatic rings. The Morgan fingerprint density at radius 3 is 2.88 bits per heavy atom. The van der Waals surface area contributed by atoms with Gasteiger partial charge in [-0.2, -0.15) is 10.4 Å². The fourth-order valence-electron chi connectivity index (χ4n) is 4.97. The molecule has 0 bridgehead atoms. The topological polar surface area (TPSA) is 91.9 Å². The van der Waals surface area contributed by atoms with Crippen LogP contribution < -0.4 is 5.32 Å². The van der Waals surface area contributed by atoms with Crippen molar-refractivity contribution in [3.05, 3.63) is 41.1 Å². The Kier molecular flexibility index (Phi) is 4.96. The van der Waals surface area contributed by atoms with Crippen molar-refractivity contribution in [1.82, 2.24) is 24.6 Å². The Labute approximate surface area is 192 Å². The van der Waals surface area contributed by atoms with Gasteiger partial charge in [0.15, 0.2) is 0 Å². The molecule has 1 N–H and O–H groups in total. The van der Waals surface area contributed by atoms with Crippen molar-refractivity contribution in [3.63, 3.8) is 0 Å². The van der Waals surface area contributed by atoms with Gasteiger partial charge >= 0.3 is 0 Å². The largest absolute Gasteiger partial charge is 0.378 e. The molecule has 2 saturated heterocycles. The van der Waals surface area contributed by atoms with Gasteiger partial charge in [0, 0.05) is 37.7 Å². The number of nitrogens with zero attached hydrogens (tertiary/aromatic N) is 6. The number of nitriles is 1. The molecule has 4 heterocycles. The highest BCUT2D eigenvalue weighted by Crippen LogP contribution is 2.41. The highest BCUT2D eigenvalue weighted by atomic mass is 19.1. The van der Waals surface area contributed by atoms with Crippen LogP contribution in [0.25, 0.3) is 5.57 Å². The Morgan fingerprint density at radius 1 is 1.33 bits per heavy atom. The molecule has 2 atom stereocenters. The van der Waals surface area contributed by atoms with Crippen molar-refractivity contribution in [2.45, 2.75) is 62.8 Å². The number of allylic oxidation sites excluding steroid dienone is 2. The summed E-state index contributed by atoms with van der Waals surface area (Å²) in [7, 11) is 0. The predicted molar refractivity (Wildman–Crippen MR) is 120 cm³/mol. The summed E-state index contributed by atoms with van der Waals surface area (Å²) in [5.74, 6) is 1.45. The average molecular weight is 450 g/mol. The molecule has 2 aromatic rings. The molecule has 0 unspecified atom stereocenters. The molecule has 0 amide bonds. The summed E-state index contributed by atoms with van der Waals surface area (Å²) >= 11 is 0. The number of hydrogen-bond donors (Lipinski definition) is 1. The van der Waals surface area contributed by atoms with Crippen LogP contribution in [-0.4, -0.2) is 68.7 Å². The molecule has 0 spiro atoms. The van der Waals surface area contributed by atoms with E-state index in [4.69, 9.17) is 14.7 Å². The first kappa shape index (κ1) is 20.8. The highest BCUT2D eigenvalue weighted by Gasteiger charge is 2.39. The minimum absolute atomic E-state index is 0.0457. The summed E-state index contributed by atoms with van der Waals surface area (Å²) in [5, 5.41) is 17.5. The Balaban J connectivity index is 1.19. The molecule has 2 aromatic heterocycles.